The molecule has 0 spiro atoms. The second-order valence-electron chi connectivity index (χ2n) is 4.18. The molecule has 0 aromatic heterocycles. The van der Waals surface area contributed by atoms with Crippen LogP contribution in [-0.4, -0.2) is 31.8 Å². The number of alkyl halides is 4. The number of rotatable bonds is 11. The van der Waals surface area contributed by atoms with E-state index in [1.165, 1.54) is 23.2 Å². The Hall–Kier alpha value is 2.24. The molecule has 1 unspecified atom stereocenters. The van der Waals surface area contributed by atoms with Gasteiger partial charge in [0.25, 0.3) is 0 Å². The van der Waals surface area contributed by atoms with Crippen molar-refractivity contribution in [2.24, 2.45) is 17.3 Å². The third-order valence-corrected chi connectivity index (χ3v) is 17.4. The summed E-state index contributed by atoms with van der Waals surface area (Å²) >= 11 is 0.289. The molecule has 0 saturated heterocycles. The molecule has 0 amide bonds. The van der Waals surface area contributed by atoms with E-state index in [9.17, 15) is 0 Å². The van der Waals surface area contributed by atoms with Gasteiger partial charge in [0.1, 0.15) is 0 Å². The van der Waals surface area contributed by atoms with Crippen LogP contribution in [0.2, 0.25) is 0 Å². The van der Waals surface area contributed by atoms with Crippen LogP contribution >= 0.6 is 49.5 Å². The molecule has 0 aliphatic heterocycles. The van der Waals surface area contributed by atoms with Crippen molar-refractivity contribution >= 4 is 58.6 Å². The van der Waals surface area contributed by atoms with Crippen LogP contribution in [0.5, 0.6) is 0 Å². The molecular weight excluding hydrogens is 586 g/mol. The zero-order valence-corrected chi connectivity index (χ0v) is 18.6. The van der Waals surface area contributed by atoms with Gasteiger partial charge in [0.05, 0.1) is 0 Å². The second kappa shape index (κ2) is 11.9. The standard InChI is InChI=1S/C11H26I3N3P/c1-10(2)11(12-3,13-4)5-7-18(16)8-6-14-9-17-15/h10,17H,3-9,15-16H2,1-2H3/q-1. The fraction of sp³-hybridized carbons (Fsp3) is 0.818. The molecule has 0 aliphatic rings. The van der Waals surface area contributed by atoms with Gasteiger partial charge in [0.2, 0.25) is 0 Å². The molecule has 0 radical (unpaired) electrons. The van der Waals surface area contributed by atoms with Gasteiger partial charge in [0.15, 0.2) is 0 Å². The first-order valence-corrected chi connectivity index (χ1v) is 15.8. The fourth-order valence-electron chi connectivity index (χ4n) is 1.46. The predicted molar refractivity (Wildman–Crippen MR) is 102 cm³/mol. The van der Waals surface area contributed by atoms with Crippen LogP contribution in [0.1, 0.15) is 20.3 Å². The van der Waals surface area contributed by atoms with Gasteiger partial charge in [-0.25, -0.2) is 0 Å². The van der Waals surface area contributed by atoms with Crippen LogP contribution in [0.25, 0.3) is 0 Å². The Kier molecular flexibility index (Phi) is 13.3. The predicted octanol–water partition coefficient (Wildman–Crippen LogP) is -0.600. The van der Waals surface area contributed by atoms with E-state index < -0.39 is 0 Å². The molecule has 18 heavy (non-hydrogen) atoms. The van der Waals surface area contributed by atoms with Crippen molar-refractivity contribution in [3.05, 3.63) is 0 Å². The molecule has 3 nitrogen and oxygen atoms in total. The number of nitrogens with one attached hydrogen (secondary N) is 1. The first kappa shape index (κ1) is 20.2. The first-order chi connectivity index (χ1) is 8.52. The van der Waals surface area contributed by atoms with E-state index in [-0.39, 0.29) is 70.7 Å². The monoisotopic (exact) mass is 612 g/mol. The Labute approximate surface area is 144 Å². The van der Waals surface area contributed by atoms with Crippen molar-refractivity contribution < 1.29 is 21.2 Å². The Morgan fingerprint density at radius 3 is 2.39 bits per heavy atom. The van der Waals surface area contributed by atoms with Crippen LogP contribution in [0.3, 0.4) is 0 Å². The molecule has 0 fully saturated rings. The molecule has 5 N–H and O–H groups in total. The van der Waals surface area contributed by atoms with Gasteiger partial charge < -0.3 is 0 Å². The summed E-state index contributed by atoms with van der Waals surface area (Å²) in [6, 6.07) is 0. The molecule has 0 heterocycles. The van der Waals surface area contributed by atoms with E-state index in [1.54, 1.807) is 0 Å². The number of hydrogen-bond donors (Lipinski definition) is 3. The molecule has 0 rings (SSSR count). The van der Waals surface area contributed by atoms with E-state index in [1.807, 2.05) is 0 Å². The molecule has 0 aromatic carbocycles. The molecular formula is C11H26I3N3P-. The molecule has 0 saturated carbocycles. The topological polar surface area (TPSA) is 64.1 Å². The Morgan fingerprint density at radius 1 is 1.33 bits per heavy atom. The summed E-state index contributed by atoms with van der Waals surface area (Å²) in [5.41, 5.74) is 9.03. The zero-order valence-electron chi connectivity index (χ0n) is 11.3. The van der Waals surface area contributed by atoms with Gasteiger partial charge >= 0.3 is 145 Å². The van der Waals surface area contributed by atoms with Crippen molar-refractivity contribution in [1.29, 1.82) is 0 Å². The Balaban J connectivity index is 4.04. The summed E-state index contributed by atoms with van der Waals surface area (Å²) in [6.45, 7) is 4.68. The maximum absolute atomic E-state index is 6.29. The Morgan fingerprint density at radius 2 is 1.94 bits per heavy atom. The van der Waals surface area contributed by atoms with E-state index in [0.717, 1.165) is 10.5 Å². The molecule has 0 aromatic rings. The van der Waals surface area contributed by atoms with E-state index in [2.05, 4.69) is 28.3 Å². The van der Waals surface area contributed by atoms with Crippen molar-refractivity contribution in [3.8, 4) is 0 Å². The maximum atomic E-state index is 6.29. The van der Waals surface area contributed by atoms with Crippen LogP contribution in [0.15, 0.2) is 0 Å². The van der Waals surface area contributed by atoms with Crippen molar-refractivity contribution in [2.75, 3.05) is 21.3 Å². The number of hydrazine groups is 1. The van der Waals surface area contributed by atoms with Gasteiger partial charge in [-0.15, -0.1) is 0 Å². The Bertz CT molecular complexity index is 244. The van der Waals surface area contributed by atoms with Crippen LogP contribution in [0, 0.1) is 5.92 Å². The van der Waals surface area contributed by atoms with Crippen molar-refractivity contribution in [2.45, 2.75) is 21.7 Å². The first-order valence-electron chi connectivity index (χ1n) is 5.78. The third-order valence-electron chi connectivity index (χ3n) is 2.70. The summed E-state index contributed by atoms with van der Waals surface area (Å²) in [4.78, 5) is 0. The van der Waals surface area contributed by atoms with Crippen LogP contribution in [-0.2, 0) is 0 Å². The van der Waals surface area contributed by atoms with Crippen molar-refractivity contribution in [3.63, 3.8) is 0 Å². The normalized spacial score (nSPS) is 14.3. The quantitative estimate of drug-likeness (QED) is 0.0557. The van der Waals surface area contributed by atoms with Gasteiger partial charge in [0, 0.05) is 0 Å². The summed E-state index contributed by atoms with van der Waals surface area (Å²) in [7, 11) is -0.259. The minimum absolute atomic E-state index is 0.0344. The zero-order chi connectivity index (χ0) is 14.0. The SMILES string of the molecule is C=IC(CCP(N)CC[I-]CNN)(I=C)C(C)C. The molecule has 0 bridgehead atoms. The van der Waals surface area contributed by atoms with Crippen LogP contribution < -0.4 is 38.0 Å². The molecule has 112 valence electrons. The minimum atomic E-state index is -0.259. The summed E-state index contributed by atoms with van der Waals surface area (Å²) in [5.74, 6) is 6.02. The average Bonchev–Trinajstić information content (AvgIpc) is 2.36. The summed E-state index contributed by atoms with van der Waals surface area (Å²) in [6.07, 6.45) is 3.73. The second-order valence-corrected chi connectivity index (χ2v) is 16.6. The number of hydrogen-bond acceptors (Lipinski definition) is 3. The molecule has 0 aliphatic carbocycles. The van der Waals surface area contributed by atoms with Gasteiger partial charge in [-0.2, -0.15) is 0 Å². The van der Waals surface area contributed by atoms with Crippen LogP contribution in [0.4, 0.5) is 0 Å². The summed E-state index contributed by atoms with van der Waals surface area (Å²) < 4.78 is 11.4. The van der Waals surface area contributed by atoms with E-state index in [4.69, 9.17) is 11.3 Å². The van der Waals surface area contributed by atoms with Gasteiger partial charge in [-0.3, -0.25) is 0 Å². The van der Waals surface area contributed by atoms with Gasteiger partial charge in [-0.1, -0.05) is 0 Å². The number of nitrogens with two attached hydrogens (primary N) is 2. The van der Waals surface area contributed by atoms with E-state index in [0.29, 0.717) is 1.43 Å². The van der Waals surface area contributed by atoms with E-state index >= 15 is 0 Å². The van der Waals surface area contributed by atoms with Crippen molar-refractivity contribution in [1.82, 2.24) is 5.43 Å². The average molecular weight is 612 g/mol. The molecule has 1 atom stereocenters. The van der Waals surface area contributed by atoms with Gasteiger partial charge in [-0.05, 0) is 0 Å². The fourth-order valence-corrected chi connectivity index (χ4v) is 11.7. The molecule has 7 heteroatoms. The third kappa shape index (κ3) is 7.87. The summed E-state index contributed by atoms with van der Waals surface area (Å²) in [5, 5.41) is 0. The number of halogens is 3.